The van der Waals surface area contributed by atoms with Crippen molar-refractivity contribution >= 4 is 11.6 Å². The Balaban J connectivity index is 1.53. The van der Waals surface area contributed by atoms with Gasteiger partial charge >= 0.3 is 0 Å². The van der Waals surface area contributed by atoms with E-state index in [1.165, 1.54) is 0 Å². The SMILES string of the molecule is CC1=C[C@@H](COCc2ccccc2)O[C@@]2(C1)C(=O)N(C)c1ccccc12. The summed E-state index contributed by atoms with van der Waals surface area (Å²) in [6, 6.07) is 17.9. The van der Waals surface area contributed by atoms with Crippen LogP contribution in [0.2, 0.25) is 0 Å². The first-order valence-electron chi connectivity index (χ1n) is 8.94. The highest BCUT2D eigenvalue weighted by Crippen LogP contribution is 2.48. The Morgan fingerprint density at radius 2 is 1.88 bits per heavy atom. The lowest BCUT2D eigenvalue weighted by Gasteiger charge is -2.36. The van der Waals surface area contributed by atoms with Crippen molar-refractivity contribution in [3.63, 3.8) is 0 Å². The molecule has 4 nitrogen and oxygen atoms in total. The Bertz CT molecular complexity index is 845. The van der Waals surface area contributed by atoms with Gasteiger partial charge in [-0.2, -0.15) is 0 Å². The fraction of sp³-hybridized carbons (Fsp3) is 0.318. The molecule has 1 spiro atoms. The van der Waals surface area contributed by atoms with Crippen LogP contribution < -0.4 is 4.90 Å². The number of nitrogens with zero attached hydrogens (tertiary/aromatic N) is 1. The molecule has 0 radical (unpaired) electrons. The fourth-order valence-corrected chi connectivity index (χ4v) is 3.94. The smallest absolute Gasteiger partial charge is 0.264 e. The number of hydrogen-bond donors (Lipinski definition) is 0. The number of benzene rings is 2. The Morgan fingerprint density at radius 1 is 1.15 bits per heavy atom. The number of likely N-dealkylation sites (N-methyl/N-ethyl adjacent to an activating group) is 1. The normalized spacial score (nSPS) is 24.7. The summed E-state index contributed by atoms with van der Waals surface area (Å²) in [6.07, 6.45) is 2.42. The van der Waals surface area contributed by atoms with Crippen molar-refractivity contribution in [3.05, 3.63) is 77.4 Å². The molecule has 2 aliphatic rings. The third-order valence-corrected chi connectivity index (χ3v) is 5.10. The molecule has 2 aromatic rings. The van der Waals surface area contributed by atoms with Gasteiger partial charge < -0.3 is 14.4 Å². The second-order valence-corrected chi connectivity index (χ2v) is 7.06. The first-order valence-corrected chi connectivity index (χ1v) is 8.94. The maximum Gasteiger partial charge on any atom is 0.264 e. The number of carbonyl (C=O) groups is 1. The molecular weight excluding hydrogens is 326 g/mol. The van der Waals surface area contributed by atoms with E-state index in [4.69, 9.17) is 9.47 Å². The van der Waals surface area contributed by atoms with Gasteiger partial charge in [-0.05, 0) is 18.6 Å². The van der Waals surface area contributed by atoms with Crippen molar-refractivity contribution in [1.82, 2.24) is 0 Å². The molecule has 0 fully saturated rings. The summed E-state index contributed by atoms with van der Waals surface area (Å²) in [5.41, 5.74) is 3.23. The summed E-state index contributed by atoms with van der Waals surface area (Å²) in [5.74, 6) is -0.000732. The van der Waals surface area contributed by atoms with Crippen LogP contribution in [0.5, 0.6) is 0 Å². The largest absolute Gasteiger partial charge is 0.374 e. The maximum absolute atomic E-state index is 13.1. The van der Waals surface area contributed by atoms with E-state index in [9.17, 15) is 4.79 Å². The standard InChI is InChI=1S/C22H23NO3/c1-16-12-18(15-25-14-17-8-4-3-5-9-17)26-22(13-16)19-10-6-7-11-20(19)23(2)21(22)24/h3-12,18H,13-15H2,1-2H3/t18-,22+/m0/s1. The highest BCUT2D eigenvalue weighted by Gasteiger charge is 2.53. The van der Waals surface area contributed by atoms with E-state index in [-0.39, 0.29) is 12.0 Å². The van der Waals surface area contributed by atoms with Gasteiger partial charge in [-0.1, -0.05) is 60.2 Å². The molecule has 2 heterocycles. The lowest BCUT2D eigenvalue weighted by atomic mass is 9.85. The lowest BCUT2D eigenvalue weighted by Crippen LogP contribution is -2.46. The van der Waals surface area contributed by atoms with Gasteiger partial charge in [0.25, 0.3) is 5.91 Å². The summed E-state index contributed by atoms with van der Waals surface area (Å²) in [4.78, 5) is 14.8. The van der Waals surface area contributed by atoms with Crippen molar-refractivity contribution in [3.8, 4) is 0 Å². The summed E-state index contributed by atoms with van der Waals surface area (Å²) >= 11 is 0. The van der Waals surface area contributed by atoms with Crippen molar-refractivity contribution in [1.29, 1.82) is 0 Å². The van der Waals surface area contributed by atoms with Crippen LogP contribution in [0.3, 0.4) is 0 Å². The molecule has 0 bridgehead atoms. The second kappa shape index (κ2) is 6.71. The molecule has 2 atom stereocenters. The number of para-hydroxylation sites is 1. The number of anilines is 1. The van der Waals surface area contributed by atoms with Crippen molar-refractivity contribution in [2.45, 2.75) is 31.7 Å². The summed E-state index contributed by atoms with van der Waals surface area (Å²) in [6.45, 7) is 3.01. The van der Waals surface area contributed by atoms with Crippen molar-refractivity contribution in [2.75, 3.05) is 18.6 Å². The van der Waals surface area contributed by atoms with Gasteiger partial charge in [0.1, 0.15) is 6.10 Å². The monoisotopic (exact) mass is 349 g/mol. The van der Waals surface area contributed by atoms with Crippen LogP contribution in [-0.2, 0) is 26.5 Å². The molecule has 0 saturated carbocycles. The molecule has 134 valence electrons. The Hall–Kier alpha value is -2.43. The fourth-order valence-electron chi connectivity index (χ4n) is 3.94. The zero-order valence-corrected chi connectivity index (χ0v) is 15.1. The highest BCUT2D eigenvalue weighted by atomic mass is 16.6. The predicted molar refractivity (Wildman–Crippen MR) is 101 cm³/mol. The molecule has 0 N–H and O–H groups in total. The highest BCUT2D eigenvalue weighted by molar-refractivity contribution is 6.07. The van der Waals surface area contributed by atoms with Gasteiger partial charge in [-0.3, -0.25) is 4.79 Å². The van der Waals surface area contributed by atoms with Crippen molar-refractivity contribution < 1.29 is 14.3 Å². The molecule has 26 heavy (non-hydrogen) atoms. The number of amides is 1. The Morgan fingerprint density at radius 3 is 2.69 bits per heavy atom. The molecule has 2 aromatic carbocycles. The zero-order valence-electron chi connectivity index (χ0n) is 15.1. The van der Waals surface area contributed by atoms with Crippen LogP contribution in [0.25, 0.3) is 0 Å². The molecule has 4 rings (SSSR count). The Kier molecular flexibility index (Phi) is 4.39. The van der Waals surface area contributed by atoms with Crippen LogP contribution in [0.1, 0.15) is 24.5 Å². The average molecular weight is 349 g/mol. The van der Waals surface area contributed by atoms with Crippen LogP contribution in [0.4, 0.5) is 5.69 Å². The molecule has 1 amide bonds. The van der Waals surface area contributed by atoms with E-state index in [0.717, 1.165) is 22.4 Å². The zero-order chi connectivity index (χ0) is 18.1. The van der Waals surface area contributed by atoms with Crippen molar-refractivity contribution in [2.24, 2.45) is 0 Å². The molecule has 0 unspecified atom stereocenters. The quantitative estimate of drug-likeness (QED) is 0.788. The van der Waals surface area contributed by atoms with Crippen LogP contribution in [0.15, 0.2) is 66.2 Å². The van der Waals surface area contributed by atoms with E-state index in [1.807, 2.05) is 61.6 Å². The van der Waals surface area contributed by atoms with Crippen LogP contribution >= 0.6 is 0 Å². The molecule has 0 aliphatic carbocycles. The predicted octanol–water partition coefficient (Wildman–Crippen LogP) is 3.81. The maximum atomic E-state index is 13.1. The van der Waals surface area contributed by atoms with Gasteiger partial charge in [-0.25, -0.2) is 0 Å². The summed E-state index contributed by atoms with van der Waals surface area (Å²) < 4.78 is 12.2. The van der Waals surface area contributed by atoms with Gasteiger partial charge in [-0.15, -0.1) is 0 Å². The second-order valence-electron chi connectivity index (χ2n) is 7.06. The number of carbonyl (C=O) groups excluding carboxylic acids is 1. The van der Waals surface area contributed by atoms with E-state index in [0.29, 0.717) is 19.6 Å². The van der Waals surface area contributed by atoms with E-state index >= 15 is 0 Å². The molecule has 4 heteroatoms. The van der Waals surface area contributed by atoms with E-state index < -0.39 is 5.60 Å². The van der Waals surface area contributed by atoms with Crippen LogP contribution in [0, 0.1) is 0 Å². The average Bonchev–Trinajstić information content (AvgIpc) is 2.85. The first-order chi connectivity index (χ1) is 12.6. The number of rotatable bonds is 4. The minimum atomic E-state index is -0.926. The molecule has 2 aliphatic heterocycles. The van der Waals surface area contributed by atoms with E-state index in [1.54, 1.807) is 4.90 Å². The first kappa shape index (κ1) is 17.0. The number of fused-ring (bicyclic) bond motifs is 2. The van der Waals surface area contributed by atoms with Crippen LogP contribution in [-0.4, -0.2) is 25.7 Å². The molecule has 0 aromatic heterocycles. The van der Waals surface area contributed by atoms with Gasteiger partial charge in [0.15, 0.2) is 5.60 Å². The number of hydrogen-bond acceptors (Lipinski definition) is 3. The van der Waals surface area contributed by atoms with Gasteiger partial charge in [0.2, 0.25) is 0 Å². The number of ether oxygens (including phenoxy) is 2. The third-order valence-electron chi connectivity index (χ3n) is 5.10. The third kappa shape index (κ3) is 2.85. The molecule has 0 saturated heterocycles. The van der Waals surface area contributed by atoms with E-state index in [2.05, 4.69) is 13.0 Å². The minimum Gasteiger partial charge on any atom is -0.374 e. The van der Waals surface area contributed by atoms with Gasteiger partial charge in [0, 0.05) is 19.0 Å². The Labute approximate surface area is 154 Å². The summed E-state index contributed by atoms with van der Waals surface area (Å²) in [5, 5.41) is 0. The minimum absolute atomic E-state index is 0.000732. The molecular formula is C22H23NO3. The topological polar surface area (TPSA) is 38.8 Å². The lowest BCUT2D eigenvalue weighted by molar-refractivity contribution is -0.156. The summed E-state index contributed by atoms with van der Waals surface area (Å²) in [7, 11) is 1.81. The van der Waals surface area contributed by atoms with Gasteiger partial charge in [0.05, 0.1) is 18.9 Å².